The fourth-order valence-electron chi connectivity index (χ4n) is 4.85. The van der Waals surface area contributed by atoms with Gasteiger partial charge < -0.3 is 4.74 Å². The van der Waals surface area contributed by atoms with Crippen LogP contribution in [0.15, 0.2) is 89.4 Å². The number of para-hydroxylation sites is 1. The SMILES string of the molecule is Clc1ccc2c(c1)C1(c3ccccc3Oc3cc(Br)ccc31)c1ccccc1-2. The molecule has 0 aromatic heterocycles. The Hall–Kier alpha value is -2.55. The van der Waals surface area contributed by atoms with Crippen LogP contribution in [-0.2, 0) is 5.41 Å². The minimum Gasteiger partial charge on any atom is -0.457 e. The summed E-state index contributed by atoms with van der Waals surface area (Å²) in [7, 11) is 0. The zero-order valence-electron chi connectivity index (χ0n) is 14.7. The van der Waals surface area contributed by atoms with E-state index in [1.54, 1.807) is 0 Å². The number of rotatable bonds is 0. The standard InChI is InChI=1S/C25H14BrClO/c26-15-9-12-21-24(13-15)28-23-8-4-3-7-20(23)25(21)19-6-2-1-5-17(19)18-11-10-16(27)14-22(18)25/h1-14H. The molecule has 3 heteroatoms. The predicted octanol–water partition coefficient (Wildman–Crippen LogP) is 7.57. The number of halogens is 2. The highest BCUT2D eigenvalue weighted by atomic mass is 79.9. The van der Waals surface area contributed by atoms with Crippen molar-refractivity contribution in [2.45, 2.75) is 5.41 Å². The molecule has 28 heavy (non-hydrogen) atoms. The first-order valence-corrected chi connectivity index (χ1v) is 10.3. The maximum Gasteiger partial charge on any atom is 0.133 e. The maximum atomic E-state index is 6.51. The molecule has 4 aromatic rings. The lowest BCUT2D eigenvalue weighted by molar-refractivity contribution is 0.436. The fraction of sp³-hybridized carbons (Fsp3) is 0.0400. The first-order chi connectivity index (χ1) is 13.7. The fourth-order valence-corrected chi connectivity index (χ4v) is 5.36. The van der Waals surface area contributed by atoms with Gasteiger partial charge in [-0.2, -0.15) is 0 Å². The van der Waals surface area contributed by atoms with Crippen molar-refractivity contribution in [1.29, 1.82) is 0 Å². The Morgan fingerprint density at radius 3 is 2.25 bits per heavy atom. The van der Waals surface area contributed by atoms with E-state index in [1.807, 2.05) is 18.2 Å². The molecule has 1 nitrogen and oxygen atoms in total. The summed E-state index contributed by atoms with van der Waals surface area (Å²) in [5, 5.41) is 0.744. The van der Waals surface area contributed by atoms with E-state index < -0.39 is 5.41 Å². The van der Waals surface area contributed by atoms with E-state index >= 15 is 0 Å². The van der Waals surface area contributed by atoms with E-state index in [0.29, 0.717) is 0 Å². The van der Waals surface area contributed by atoms with E-state index in [2.05, 4.69) is 82.7 Å². The van der Waals surface area contributed by atoms with Gasteiger partial charge >= 0.3 is 0 Å². The largest absolute Gasteiger partial charge is 0.457 e. The van der Waals surface area contributed by atoms with Gasteiger partial charge in [0.25, 0.3) is 0 Å². The summed E-state index contributed by atoms with van der Waals surface area (Å²) in [6.07, 6.45) is 0. The number of fused-ring (bicyclic) bond motifs is 9. The quantitative estimate of drug-likeness (QED) is 0.234. The van der Waals surface area contributed by atoms with Gasteiger partial charge in [0.1, 0.15) is 11.5 Å². The molecule has 0 radical (unpaired) electrons. The number of ether oxygens (including phenoxy) is 1. The Morgan fingerprint density at radius 1 is 0.643 bits per heavy atom. The average molecular weight is 446 g/mol. The van der Waals surface area contributed by atoms with Crippen molar-refractivity contribution in [3.63, 3.8) is 0 Å². The molecule has 1 aliphatic carbocycles. The highest BCUT2D eigenvalue weighted by Gasteiger charge is 2.51. The molecule has 134 valence electrons. The van der Waals surface area contributed by atoms with E-state index in [4.69, 9.17) is 16.3 Å². The van der Waals surface area contributed by atoms with E-state index in [-0.39, 0.29) is 0 Å². The molecule has 1 spiro atoms. The topological polar surface area (TPSA) is 9.23 Å². The monoisotopic (exact) mass is 444 g/mol. The number of hydrogen-bond donors (Lipinski definition) is 0. The molecule has 0 N–H and O–H groups in total. The van der Waals surface area contributed by atoms with Crippen LogP contribution in [0.1, 0.15) is 22.3 Å². The van der Waals surface area contributed by atoms with Crippen LogP contribution in [0.2, 0.25) is 5.02 Å². The van der Waals surface area contributed by atoms with Crippen molar-refractivity contribution in [3.8, 4) is 22.6 Å². The van der Waals surface area contributed by atoms with Crippen molar-refractivity contribution in [3.05, 3.63) is 117 Å². The summed E-state index contributed by atoms with van der Waals surface area (Å²) in [6, 6.07) is 29.5. The van der Waals surface area contributed by atoms with Gasteiger partial charge in [-0.15, -0.1) is 0 Å². The van der Waals surface area contributed by atoms with Gasteiger partial charge in [-0.1, -0.05) is 82.1 Å². The van der Waals surface area contributed by atoms with Crippen molar-refractivity contribution >= 4 is 27.5 Å². The van der Waals surface area contributed by atoms with Crippen molar-refractivity contribution in [2.75, 3.05) is 0 Å². The van der Waals surface area contributed by atoms with Crippen molar-refractivity contribution < 1.29 is 4.74 Å². The molecule has 0 fully saturated rings. The first kappa shape index (κ1) is 16.4. The van der Waals surface area contributed by atoms with Crippen LogP contribution in [0.4, 0.5) is 0 Å². The van der Waals surface area contributed by atoms with Gasteiger partial charge in [-0.05, 0) is 52.6 Å². The first-order valence-electron chi connectivity index (χ1n) is 9.17. The molecule has 1 heterocycles. The van der Waals surface area contributed by atoms with E-state index in [9.17, 15) is 0 Å². The molecule has 6 rings (SSSR count). The van der Waals surface area contributed by atoms with E-state index in [0.717, 1.165) is 32.1 Å². The second kappa shape index (κ2) is 5.73. The normalized spacial score (nSPS) is 18.1. The second-order valence-electron chi connectivity index (χ2n) is 7.22. The van der Waals surface area contributed by atoms with Crippen LogP contribution < -0.4 is 4.74 Å². The van der Waals surface area contributed by atoms with Crippen LogP contribution >= 0.6 is 27.5 Å². The van der Waals surface area contributed by atoms with Crippen LogP contribution in [0, 0.1) is 0 Å². The molecule has 2 aliphatic rings. The molecule has 1 atom stereocenters. The van der Waals surface area contributed by atoms with Crippen molar-refractivity contribution in [2.24, 2.45) is 0 Å². The van der Waals surface area contributed by atoms with Gasteiger partial charge in [-0.3, -0.25) is 0 Å². The molecule has 1 unspecified atom stereocenters. The molecule has 4 aromatic carbocycles. The van der Waals surface area contributed by atoms with Crippen LogP contribution in [0.5, 0.6) is 11.5 Å². The Balaban J connectivity index is 1.85. The van der Waals surface area contributed by atoms with E-state index in [1.165, 1.54) is 22.3 Å². The molecular formula is C25H14BrClO. The lowest BCUT2D eigenvalue weighted by atomic mass is 9.66. The molecule has 0 amide bonds. The molecule has 0 saturated carbocycles. The molecular weight excluding hydrogens is 432 g/mol. The van der Waals surface area contributed by atoms with Crippen LogP contribution in [-0.4, -0.2) is 0 Å². The Morgan fingerprint density at radius 2 is 1.36 bits per heavy atom. The summed E-state index contributed by atoms with van der Waals surface area (Å²) < 4.78 is 7.34. The highest BCUT2D eigenvalue weighted by molar-refractivity contribution is 9.10. The van der Waals surface area contributed by atoms with Crippen LogP contribution in [0.25, 0.3) is 11.1 Å². The number of hydrogen-bond acceptors (Lipinski definition) is 1. The predicted molar refractivity (Wildman–Crippen MR) is 117 cm³/mol. The van der Waals surface area contributed by atoms with Gasteiger partial charge in [0.15, 0.2) is 0 Å². The van der Waals surface area contributed by atoms with Gasteiger partial charge in [0, 0.05) is 20.6 Å². The van der Waals surface area contributed by atoms with Gasteiger partial charge in [-0.25, -0.2) is 0 Å². The summed E-state index contributed by atoms with van der Waals surface area (Å²) in [5.74, 6) is 1.76. The molecule has 1 aliphatic heterocycles. The Labute approximate surface area is 176 Å². The minimum atomic E-state index is -0.443. The Kier molecular flexibility index (Phi) is 3.36. The summed E-state index contributed by atoms with van der Waals surface area (Å²) in [6.45, 7) is 0. The zero-order chi connectivity index (χ0) is 18.9. The molecule has 0 bridgehead atoms. The highest BCUT2D eigenvalue weighted by Crippen LogP contribution is 2.62. The minimum absolute atomic E-state index is 0.443. The summed E-state index contributed by atoms with van der Waals surface area (Å²) in [5.41, 5.74) is 6.81. The van der Waals surface area contributed by atoms with Gasteiger partial charge in [0.05, 0.1) is 5.41 Å². The number of benzene rings is 4. The van der Waals surface area contributed by atoms with Gasteiger partial charge in [0.2, 0.25) is 0 Å². The third-order valence-corrected chi connectivity index (χ3v) is 6.59. The third kappa shape index (κ3) is 1.97. The zero-order valence-corrected chi connectivity index (χ0v) is 17.1. The summed E-state index contributed by atoms with van der Waals surface area (Å²) >= 11 is 10.1. The summed E-state index contributed by atoms with van der Waals surface area (Å²) in [4.78, 5) is 0. The lowest BCUT2D eigenvalue weighted by Crippen LogP contribution is -2.32. The molecule has 0 saturated heterocycles. The average Bonchev–Trinajstić information content (AvgIpc) is 2.99. The third-order valence-electron chi connectivity index (χ3n) is 5.87. The second-order valence-corrected chi connectivity index (χ2v) is 8.58. The van der Waals surface area contributed by atoms with Crippen molar-refractivity contribution in [1.82, 2.24) is 0 Å². The van der Waals surface area contributed by atoms with Crippen LogP contribution in [0.3, 0.4) is 0 Å². The Bertz CT molecular complexity index is 1280. The maximum absolute atomic E-state index is 6.51. The lowest BCUT2D eigenvalue weighted by Gasteiger charge is -2.39. The smallest absolute Gasteiger partial charge is 0.133 e.